The lowest BCUT2D eigenvalue weighted by molar-refractivity contribution is 0.475. The summed E-state index contributed by atoms with van der Waals surface area (Å²) >= 11 is 0. The normalized spacial score (nSPS) is 12.0. The Morgan fingerprint density at radius 1 is 0.926 bits per heavy atom. The van der Waals surface area contributed by atoms with Crippen LogP contribution in [0.5, 0.6) is 5.75 Å². The fourth-order valence-electron chi connectivity index (χ4n) is 2.54. The van der Waals surface area contributed by atoms with E-state index in [9.17, 15) is 13.5 Å². The molecular weight excluding hydrogens is 360 g/mol. The second-order valence-electron chi connectivity index (χ2n) is 6.22. The van der Waals surface area contributed by atoms with Crippen LogP contribution in [0.15, 0.2) is 82.1 Å². The number of anilines is 1. The van der Waals surface area contributed by atoms with Gasteiger partial charge in [-0.05, 0) is 49.7 Å². The van der Waals surface area contributed by atoms with Gasteiger partial charge in [0.15, 0.2) is 5.84 Å². The van der Waals surface area contributed by atoms with Crippen LogP contribution >= 0.6 is 0 Å². The van der Waals surface area contributed by atoms with E-state index in [1.807, 2.05) is 32.0 Å². The lowest BCUT2D eigenvalue weighted by atomic mass is 10.1. The van der Waals surface area contributed by atoms with Gasteiger partial charge in [0.05, 0.1) is 4.90 Å². The highest BCUT2D eigenvalue weighted by molar-refractivity contribution is 7.90. The molecule has 3 rings (SSSR count). The summed E-state index contributed by atoms with van der Waals surface area (Å²) in [5.74, 6) is 0.355. The molecule has 138 valence electrons. The van der Waals surface area contributed by atoms with Crippen molar-refractivity contribution in [2.75, 3.05) is 5.32 Å². The second kappa shape index (κ2) is 7.63. The molecule has 0 bridgehead atoms. The number of amidine groups is 1. The average molecular weight is 380 g/mol. The maximum absolute atomic E-state index is 12.8. The van der Waals surface area contributed by atoms with Gasteiger partial charge in [-0.3, -0.25) is 0 Å². The third-order valence-electron chi connectivity index (χ3n) is 4.04. The maximum Gasteiger partial charge on any atom is 0.284 e. The maximum atomic E-state index is 12.8. The van der Waals surface area contributed by atoms with Crippen LogP contribution in [-0.2, 0) is 10.0 Å². The quantitative estimate of drug-likeness (QED) is 0.403. The monoisotopic (exact) mass is 380 g/mol. The van der Waals surface area contributed by atoms with Crippen LogP contribution in [0.3, 0.4) is 0 Å². The molecule has 0 radical (unpaired) electrons. The number of aromatic hydroxyl groups is 1. The fraction of sp³-hybridized carbons (Fsp3) is 0.0952. The minimum Gasteiger partial charge on any atom is -0.508 e. The van der Waals surface area contributed by atoms with Gasteiger partial charge in [-0.15, -0.1) is 4.40 Å². The van der Waals surface area contributed by atoms with Crippen LogP contribution in [0.1, 0.15) is 16.7 Å². The highest BCUT2D eigenvalue weighted by Gasteiger charge is 2.16. The number of nitrogens with one attached hydrogen (secondary N) is 1. The van der Waals surface area contributed by atoms with Gasteiger partial charge in [-0.25, -0.2) is 0 Å². The van der Waals surface area contributed by atoms with Crippen LogP contribution in [-0.4, -0.2) is 19.4 Å². The van der Waals surface area contributed by atoms with E-state index in [-0.39, 0.29) is 16.5 Å². The van der Waals surface area contributed by atoms with E-state index >= 15 is 0 Å². The number of hydrogen-bond donors (Lipinski definition) is 2. The third kappa shape index (κ3) is 4.54. The third-order valence-corrected chi connectivity index (χ3v) is 5.33. The second-order valence-corrected chi connectivity index (χ2v) is 7.82. The fourth-order valence-corrected chi connectivity index (χ4v) is 3.52. The Hall–Kier alpha value is -3.12. The standard InChI is InChI=1S/C21H20N2O3S/c1-15-8-11-19(12-9-15)27(25,26)23-21(17-6-4-3-5-7-17)22-20-13-10-18(24)14-16(20)2/h3-14,24H,1-2H3,(H,22,23). The molecule has 0 aromatic heterocycles. The number of aryl methyl sites for hydroxylation is 2. The molecule has 0 aliphatic heterocycles. The smallest absolute Gasteiger partial charge is 0.284 e. The number of rotatable bonds is 4. The molecule has 2 N–H and O–H groups in total. The van der Waals surface area contributed by atoms with Gasteiger partial charge in [-0.2, -0.15) is 8.42 Å². The topological polar surface area (TPSA) is 78.8 Å². The Balaban J connectivity index is 2.07. The van der Waals surface area contributed by atoms with Crippen molar-refractivity contribution in [2.24, 2.45) is 4.40 Å². The average Bonchev–Trinajstić information content (AvgIpc) is 2.64. The number of hydrogen-bond acceptors (Lipinski definition) is 3. The summed E-state index contributed by atoms with van der Waals surface area (Å²) in [4.78, 5) is 0.130. The number of nitrogens with zero attached hydrogens (tertiary/aromatic N) is 1. The number of phenolic OH excluding ortho intramolecular Hbond substituents is 1. The van der Waals surface area contributed by atoms with Crippen molar-refractivity contribution in [3.63, 3.8) is 0 Å². The zero-order valence-corrected chi connectivity index (χ0v) is 15.9. The predicted molar refractivity (Wildman–Crippen MR) is 108 cm³/mol. The molecule has 0 unspecified atom stereocenters. The molecular formula is C21H20N2O3S. The van der Waals surface area contributed by atoms with Crippen molar-refractivity contribution < 1.29 is 13.5 Å². The summed E-state index contributed by atoms with van der Waals surface area (Å²) in [6, 6.07) is 20.4. The van der Waals surface area contributed by atoms with Crippen molar-refractivity contribution in [3.05, 3.63) is 89.5 Å². The molecule has 0 saturated heterocycles. The minimum absolute atomic E-state index is 0.130. The summed E-state index contributed by atoms with van der Waals surface area (Å²) < 4.78 is 29.6. The van der Waals surface area contributed by atoms with Crippen LogP contribution in [0, 0.1) is 13.8 Å². The van der Waals surface area contributed by atoms with Gasteiger partial charge >= 0.3 is 0 Å². The molecule has 0 aliphatic carbocycles. The molecule has 0 heterocycles. The molecule has 5 nitrogen and oxygen atoms in total. The van der Waals surface area contributed by atoms with Crippen molar-refractivity contribution in [1.29, 1.82) is 0 Å². The predicted octanol–water partition coefficient (Wildman–Crippen LogP) is 4.26. The number of phenols is 1. The Kier molecular flexibility index (Phi) is 5.28. The summed E-state index contributed by atoms with van der Waals surface area (Å²) in [7, 11) is -3.89. The van der Waals surface area contributed by atoms with Gasteiger partial charge in [0.2, 0.25) is 0 Å². The zero-order chi connectivity index (χ0) is 19.4. The first kappa shape index (κ1) is 18.7. The van der Waals surface area contributed by atoms with Crippen LogP contribution in [0.4, 0.5) is 5.69 Å². The van der Waals surface area contributed by atoms with Gasteiger partial charge < -0.3 is 10.4 Å². The van der Waals surface area contributed by atoms with Crippen molar-refractivity contribution >= 4 is 21.5 Å². The molecule has 0 atom stereocenters. The number of sulfonamides is 1. The Morgan fingerprint density at radius 3 is 2.22 bits per heavy atom. The van der Waals surface area contributed by atoms with E-state index in [4.69, 9.17) is 0 Å². The van der Waals surface area contributed by atoms with Crippen molar-refractivity contribution in [1.82, 2.24) is 0 Å². The SMILES string of the molecule is Cc1ccc(S(=O)(=O)N=C(Nc2ccc(O)cc2C)c2ccccc2)cc1. The van der Waals surface area contributed by atoms with E-state index in [1.165, 1.54) is 6.07 Å². The molecule has 3 aromatic rings. The van der Waals surface area contributed by atoms with Crippen LogP contribution < -0.4 is 5.32 Å². The molecule has 6 heteroatoms. The molecule has 0 spiro atoms. The Bertz CT molecular complexity index is 1070. The van der Waals surface area contributed by atoms with E-state index in [2.05, 4.69) is 9.71 Å². The first-order valence-electron chi connectivity index (χ1n) is 8.39. The number of benzene rings is 3. The first-order chi connectivity index (χ1) is 12.8. The lowest BCUT2D eigenvalue weighted by Gasteiger charge is -2.13. The minimum atomic E-state index is -3.89. The largest absolute Gasteiger partial charge is 0.508 e. The van der Waals surface area contributed by atoms with Crippen molar-refractivity contribution in [3.8, 4) is 5.75 Å². The highest BCUT2D eigenvalue weighted by Crippen LogP contribution is 2.22. The molecule has 0 saturated carbocycles. The summed E-state index contributed by atoms with van der Waals surface area (Å²) in [6.45, 7) is 3.71. The Labute approximate surface area is 159 Å². The molecule has 27 heavy (non-hydrogen) atoms. The molecule has 3 aromatic carbocycles. The van der Waals surface area contributed by atoms with Crippen LogP contribution in [0.25, 0.3) is 0 Å². The highest BCUT2D eigenvalue weighted by atomic mass is 32.2. The van der Waals surface area contributed by atoms with Gasteiger partial charge in [0, 0.05) is 11.3 Å². The first-order valence-corrected chi connectivity index (χ1v) is 9.83. The van der Waals surface area contributed by atoms with E-state index in [1.54, 1.807) is 48.5 Å². The van der Waals surface area contributed by atoms with Gasteiger partial charge in [0.1, 0.15) is 5.75 Å². The van der Waals surface area contributed by atoms with E-state index < -0.39 is 10.0 Å². The van der Waals surface area contributed by atoms with Gasteiger partial charge in [0.25, 0.3) is 10.0 Å². The van der Waals surface area contributed by atoms with Crippen molar-refractivity contribution in [2.45, 2.75) is 18.7 Å². The van der Waals surface area contributed by atoms with Gasteiger partial charge in [-0.1, -0.05) is 48.0 Å². The van der Waals surface area contributed by atoms with E-state index in [0.717, 1.165) is 11.1 Å². The summed E-state index contributed by atoms with van der Waals surface area (Å²) in [5.41, 5.74) is 3.04. The molecule has 0 fully saturated rings. The van der Waals surface area contributed by atoms with E-state index in [0.29, 0.717) is 11.3 Å². The molecule has 0 aliphatic rings. The lowest BCUT2D eigenvalue weighted by Crippen LogP contribution is -2.17. The van der Waals surface area contributed by atoms with Crippen LogP contribution in [0.2, 0.25) is 0 Å². The summed E-state index contributed by atoms with van der Waals surface area (Å²) in [6.07, 6.45) is 0. The summed E-state index contributed by atoms with van der Waals surface area (Å²) in [5, 5.41) is 12.7. The zero-order valence-electron chi connectivity index (χ0n) is 15.0. The molecule has 0 amide bonds. The Morgan fingerprint density at radius 2 is 1.59 bits per heavy atom.